The fourth-order valence-electron chi connectivity index (χ4n) is 0.949. The Labute approximate surface area is 75.9 Å². The van der Waals surface area contributed by atoms with Crippen LogP contribution in [0.1, 0.15) is 5.56 Å². The van der Waals surface area contributed by atoms with Gasteiger partial charge in [0.15, 0.2) is 0 Å². The number of amides is 1. The van der Waals surface area contributed by atoms with Crippen molar-refractivity contribution in [2.45, 2.75) is 0 Å². The standard InChI is InChI=1S/C9H10NO3/c10-9(12)13-8-4-2-1-3-7(8)5-6-11/h1-5,11H,6H2,(H2,10,12). The summed E-state index contributed by atoms with van der Waals surface area (Å²) in [6, 6.07) is 6.81. The van der Waals surface area contributed by atoms with Crippen molar-refractivity contribution in [1.29, 1.82) is 0 Å². The zero-order chi connectivity index (χ0) is 9.68. The topological polar surface area (TPSA) is 72.6 Å². The van der Waals surface area contributed by atoms with Gasteiger partial charge < -0.3 is 15.6 Å². The average Bonchev–Trinajstić information content (AvgIpc) is 2.08. The molecule has 1 aromatic rings. The molecule has 13 heavy (non-hydrogen) atoms. The van der Waals surface area contributed by atoms with E-state index in [-0.39, 0.29) is 6.61 Å². The molecule has 1 amide bonds. The summed E-state index contributed by atoms with van der Waals surface area (Å²) in [4.78, 5) is 10.4. The van der Waals surface area contributed by atoms with Crippen LogP contribution in [0.3, 0.4) is 0 Å². The molecule has 69 valence electrons. The molecule has 0 aliphatic carbocycles. The minimum atomic E-state index is -0.862. The number of aliphatic hydroxyl groups excluding tert-OH is 1. The number of ether oxygens (including phenoxy) is 1. The maximum atomic E-state index is 10.4. The molecule has 0 aliphatic rings. The van der Waals surface area contributed by atoms with Gasteiger partial charge in [-0.15, -0.1) is 0 Å². The summed E-state index contributed by atoms with van der Waals surface area (Å²) in [5.74, 6) is 0.351. The predicted octanol–water partition coefficient (Wildman–Crippen LogP) is 0.689. The van der Waals surface area contributed by atoms with E-state index in [1.165, 1.54) is 6.42 Å². The van der Waals surface area contributed by atoms with Crippen molar-refractivity contribution in [2.75, 3.05) is 6.61 Å². The first-order chi connectivity index (χ1) is 6.24. The van der Waals surface area contributed by atoms with E-state index in [9.17, 15) is 4.79 Å². The lowest BCUT2D eigenvalue weighted by Gasteiger charge is -2.05. The highest BCUT2D eigenvalue weighted by atomic mass is 16.5. The highest BCUT2D eigenvalue weighted by molar-refractivity contribution is 5.68. The summed E-state index contributed by atoms with van der Waals surface area (Å²) in [5, 5.41) is 8.65. The SMILES string of the molecule is NC(=O)Oc1ccccc1[CH]CO. The van der Waals surface area contributed by atoms with Crippen LogP contribution in [0.5, 0.6) is 5.75 Å². The fourth-order valence-corrected chi connectivity index (χ4v) is 0.949. The van der Waals surface area contributed by atoms with Gasteiger partial charge in [0, 0.05) is 12.0 Å². The van der Waals surface area contributed by atoms with E-state index in [2.05, 4.69) is 0 Å². The second-order valence-electron chi connectivity index (χ2n) is 2.35. The van der Waals surface area contributed by atoms with Crippen molar-refractivity contribution in [3.8, 4) is 5.75 Å². The zero-order valence-corrected chi connectivity index (χ0v) is 6.93. The van der Waals surface area contributed by atoms with Gasteiger partial charge in [0.2, 0.25) is 0 Å². The van der Waals surface area contributed by atoms with Gasteiger partial charge in [0.1, 0.15) is 5.75 Å². The number of nitrogens with two attached hydrogens (primary N) is 1. The Bertz CT molecular complexity index is 299. The Morgan fingerprint density at radius 2 is 2.23 bits per heavy atom. The number of carbonyl (C=O) groups excluding carboxylic acids is 1. The summed E-state index contributed by atoms with van der Waals surface area (Å²) >= 11 is 0. The summed E-state index contributed by atoms with van der Waals surface area (Å²) in [6.45, 7) is -0.112. The zero-order valence-electron chi connectivity index (χ0n) is 6.93. The fraction of sp³-hybridized carbons (Fsp3) is 0.111. The molecule has 0 aliphatic heterocycles. The van der Waals surface area contributed by atoms with Gasteiger partial charge in [-0.2, -0.15) is 0 Å². The quantitative estimate of drug-likeness (QED) is 0.718. The van der Waals surface area contributed by atoms with Gasteiger partial charge in [0.25, 0.3) is 0 Å². The van der Waals surface area contributed by atoms with Crippen LogP contribution in [0.4, 0.5) is 4.79 Å². The molecule has 0 unspecified atom stereocenters. The highest BCUT2D eigenvalue weighted by Gasteiger charge is 2.04. The minimum Gasteiger partial charge on any atom is -0.410 e. The molecule has 0 saturated carbocycles. The Morgan fingerprint density at radius 1 is 1.54 bits per heavy atom. The van der Waals surface area contributed by atoms with Gasteiger partial charge in [-0.3, -0.25) is 0 Å². The van der Waals surface area contributed by atoms with Crippen LogP contribution in [-0.4, -0.2) is 17.8 Å². The molecule has 0 atom stereocenters. The number of benzene rings is 1. The molecule has 0 fully saturated rings. The molecule has 3 N–H and O–H groups in total. The lowest BCUT2D eigenvalue weighted by molar-refractivity contribution is 0.210. The van der Waals surface area contributed by atoms with E-state index in [4.69, 9.17) is 15.6 Å². The first-order valence-corrected chi connectivity index (χ1v) is 3.74. The van der Waals surface area contributed by atoms with E-state index in [0.29, 0.717) is 11.3 Å². The van der Waals surface area contributed by atoms with Crippen LogP contribution in [0.15, 0.2) is 24.3 Å². The molecule has 4 nitrogen and oxygen atoms in total. The van der Waals surface area contributed by atoms with Gasteiger partial charge >= 0.3 is 6.09 Å². The number of aliphatic hydroxyl groups is 1. The third kappa shape index (κ3) is 2.76. The largest absolute Gasteiger partial charge is 0.410 e. The van der Waals surface area contributed by atoms with Crippen LogP contribution in [0, 0.1) is 6.42 Å². The van der Waals surface area contributed by atoms with Crippen molar-refractivity contribution >= 4 is 6.09 Å². The second kappa shape index (κ2) is 4.47. The highest BCUT2D eigenvalue weighted by Crippen LogP contribution is 2.18. The van der Waals surface area contributed by atoms with E-state index in [1.807, 2.05) is 0 Å². The van der Waals surface area contributed by atoms with E-state index in [0.717, 1.165) is 0 Å². The smallest absolute Gasteiger partial charge is 0.409 e. The van der Waals surface area contributed by atoms with Gasteiger partial charge in [-0.25, -0.2) is 4.79 Å². The van der Waals surface area contributed by atoms with Crippen molar-refractivity contribution < 1.29 is 14.6 Å². The third-order valence-electron chi connectivity index (χ3n) is 1.44. The summed E-state index contributed by atoms with van der Waals surface area (Å²) in [6.07, 6.45) is 0.664. The van der Waals surface area contributed by atoms with E-state index in [1.54, 1.807) is 24.3 Å². The lowest BCUT2D eigenvalue weighted by atomic mass is 10.1. The Balaban J connectivity index is 2.84. The molecular weight excluding hydrogens is 170 g/mol. The molecule has 1 aromatic carbocycles. The van der Waals surface area contributed by atoms with E-state index >= 15 is 0 Å². The molecule has 0 aromatic heterocycles. The van der Waals surface area contributed by atoms with Crippen molar-refractivity contribution in [1.82, 2.24) is 0 Å². The van der Waals surface area contributed by atoms with Crippen LogP contribution in [-0.2, 0) is 0 Å². The molecule has 0 heterocycles. The summed E-state index contributed by atoms with van der Waals surface area (Å²) in [5.41, 5.74) is 5.49. The number of hydrogen-bond donors (Lipinski definition) is 2. The lowest BCUT2D eigenvalue weighted by Crippen LogP contribution is -2.17. The molecular formula is C9H10NO3. The molecule has 0 bridgehead atoms. The third-order valence-corrected chi connectivity index (χ3v) is 1.44. The number of para-hydroxylation sites is 1. The maximum absolute atomic E-state index is 10.4. The number of hydrogen-bond acceptors (Lipinski definition) is 3. The van der Waals surface area contributed by atoms with Gasteiger partial charge in [0.05, 0.1) is 6.61 Å². The number of rotatable bonds is 3. The van der Waals surface area contributed by atoms with Crippen LogP contribution < -0.4 is 10.5 Å². The summed E-state index contributed by atoms with van der Waals surface area (Å²) < 4.78 is 4.69. The molecule has 0 saturated heterocycles. The van der Waals surface area contributed by atoms with Gasteiger partial charge in [-0.1, -0.05) is 18.2 Å². The predicted molar refractivity (Wildman–Crippen MR) is 47.1 cm³/mol. The summed E-state index contributed by atoms with van der Waals surface area (Å²) in [7, 11) is 0. The molecule has 0 spiro atoms. The Morgan fingerprint density at radius 3 is 2.85 bits per heavy atom. The first-order valence-electron chi connectivity index (χ1n) is 3.74. The molecule has 1 rings (SSSR count). The average molecular weight is 180 g/mol. The van der Waals surface area contributed by atoms with Crippen LogP contribution in [0.25, 0.3) is 0 Å². The van der Waals surface area contributed by atoms with Crippen LogP contribution in [0.2, 0.25) is 0 Å². The molecule has 4 heteroatoms. The second-order valence-corrected chi connectivity index (χ2v) is 2.35. The van der Waals surface area contributed by atoms with Crippen molar-refractivity contribution in [3.63, 3.8) is 0 Å². The Hall–Kier alpha value is -1.55. The van der Waals surface area contributed by atoms with Gasteiger partial charge in [-0.05, 0) is 6.07 Å². The Kier molecular flexibility index (Phi) is 3.28. The normalized spacial score (nSPS) is 9.62. The first kappa shape index (κ1) is 9.54. The van der Waals surface area contributed by atoms with Crippen molar-refractivity contribution in [3.05, 3.63) is 36.2 Å². The van der Waals surface area contributed by atoms with E-state index < -0.39 is 6.09 Å². The monoisotopic (exact) mass is 180 g/mol. The minimum absolute atomic E-state index is 0.112. The van der Waals surface area contributed by atoms with Crippen molar-refractivity contribution in [2.24, 2.45) is 5.73 Å². The number of carbonyl (C=O) groups is 1. The number of primary amides is 1. The van der Waals surface area contributed by atoms with Crippen LogP contribution >= 0.6 is 0 Å². The molecule has 1 radical (unpaired) electrons. The maximum Gasteiger partial charge on any atom is 0.409 e.